The van der Waals surface area contributed by atoms with Gasteiger partial charge >= 0.3 is 12.0 Å². The highest BCUT2D eigenvalue weighted by Crippen LogP contribution is 2.25. The van der Waals surface area contributed by atoms with Gasteiger partial charge in [-0.2, -0.15) is 4.98 Å². The van der Waals surface area contributed by atoms with Crippen molar-refractivity contribution >= 4 is 32.9 Å². The lowest BCUT2D eigenvalue weighted by atomic mass is 10.2. The van der Waals surface area contributed by atoms with Crippen LogP contribution < -0.4 is 0 Å². The summed E-state index contributed by atoms with van der Waals surface area (Å²) in [5, 5.41) is 9.20. The summed E-state index contributed by atoms with van der Waals surface area (Å²) >= 11 is 3.24. The normalized spacial score (nSPS) is 10.5. The summed E-state index contributed by atoms with van der Waals surface area (Å²) < 4.78 is 5.30. The van der Waals surface area contributed by atoms with Crippen molar-refractivity contribution in [3.05, 3.63) is 22.4 Å². The van der Waals surface area contributed by atoms with E-state index in [9.17, 15) is 9.90 Å². The average molecular weight is 298 g/mol. The van der Waals surface area contributed by atoms with Gasteiger partial charge in [-0.1, -0.05) is 0 Å². The van der Waals surface area contributed by atoms with Crippen LogP contribution in [0.2, 0.25) is 0 Å². The number of aromatic hydroxyl groups is 1. The largest absolute Gasteiger partial charge is 0.479 e. The van der Waals surface area contributed by atoms with Gasteiger partial charge in [-0.15, -0.1) is 0 Å². The number of fused-ring (bicyclic) bond motifs is 1. The molecule has 0 bridgehead atoms. The van der Waals surface area contributed by atoms with E-state index in [1.54, 1.807) is 6.92 Å². The monoisotopic (exact) mass is 297 g/mol. The predicted molar refractivity (Wildman–Crippen MR) is 62.7 cm³/mol. The van der Waals surface area contributed by atoms with Crippen molar-refractivity contribution in [3.63, 3.8) is 0 Å². The van der Waals surface area contributed by atoms with Gasteiger partial charge in [0.1, 0.15) is 11.0 Å². The number of hydrogen-bond acceptors (Lipinski definition) is 6. The Hall–Kier alpha value is -1.76. The van der Waals surface area contributed by atoms with Crippen molar-refractivity contribution < 1.29 is 14.6 Å². The highest BCUT2D eigenvalue weighted by atomic mass is 79.9. The van der Waals surface area contributed by atoms with Crippen molar-refractivity contribution in [2.24, 2.45) is 0 Å². The Morgan fingerprint density at radius 1 is 1.47 bits per heavy atom. The first kappa shape index (κ1) is 11.7. The third-order valence-corrected chi connectivity index (χ3v) is 2.83. The molecular weight excluding hydrogens is 290 g/mol. The van der Waals surface area contributed by atoms with E-state index in [1.807, 2.05) is 0 Å². The number of pyridine rings is 1. The summed E-state index contributed by atoms with van der Waals surface area (Å²) in [6.45, 7) is 1.99. The highest BCUT2D eigenvalue weighted by Gasteiger charge is 2.16. The van der Waals surface area contributed by atoms with Gasteiger partial charge in [0.05, 0.1) is 22.8 Å². The van der Waals surface area contributed by atoms with E-state index in [0.717, 1.165) is 0 Å². The first-order chi connectivity index (χ1) is 8.13. The summed E-state index contributed by atoms with van der Waals surface area (Å²) in [5.74, 6) is -0.494. The second-order valence-corrected chi connectivity index (χ2v) is 3.90. The van der Waals surface area contributed by atoms with E-state index in [2.05, 4.69) is 30.9 Å². The zero-order valence-electron chi connectivity index (χ0n) is 8.85. The molecule has 0 aliphatic heterocycles. The van der Waals surface area contributed by atoms with Crippen molar-refractivity contribution in [2.45, 2.75) is 6.92 Å². The average Bonchev–Trinajstić information content (AvgIpc) is 2.30. The molecule has 2 rings (SSSR count). The minimum absolute atomic E-state index is 0.262. The molecule has 0 saturated carbocycles. The van der Waals surface area contributed by atoms with Gasteiger partial charge in [0.25, 0.3) is 0 Å². The molecule has 0 unspecified atom stereocenters. The second kappa shape index (κ2) is 4.62. The number of ether oxygens (including phenoxy) is 1. The van der Waals surface area contributed by atoms with Gasteiger partial charge < -0.3 is 9.84 Å². The number of rotatable bonds is 2. The van der Waals surface area contributed by atoms with E-state index in [0.29, 0.717) is 15.5 Å². The maximum atomic E-state index is 11.6. The van der Waals surface area contributed by atoms with Crippen LogP contribution in [-0.4, -0.2) is 32.6 Å². The molecule has 0 aliphatic carbocycles. The lowest BCUT2D eigenvalue weighted by Crippen LogP contribution is -2.06. The number of nitrogens with zero attached hydrogens (tertiary/aromatic N) is 3. The number of carbonyl (C=O) groups is 1. The van der Waals surface area contributed by atoms with Crippen LogP contribution in [0, 0.1) is 0 Å². The molecule has 0 saturated heterocycles. The second-order valence-electron chi connectivity index (χ2n) is 3.11. The summed E-state index contributed by atoms with van der Waals surface area (Å²) in [7, 11) is 0. The Labute approximate surface area is 105 Å². The van der Waals surface area contributed by atoms with Crippen LogP contribution in [-0.2, 0) is 4.74 Å². The number of esters is 1. The van der Waals surface area contributed by atoms with Crippen molar-refractivity contribution in [1.29, 1.82) is 0 Å². The molecule has 17 heavy (non-hydrogen) atoms. The van der Waals surface area contributed by atoms with Gasteiger partial charge in [-0.05, 0) is 22.9 Å². The molecule has 0 aliphatic rings. The Kier molecular flexibility index (Phi) is 3.19. The molecule has 2 heterocycles. The van der Waals surface area contributed by atoms with Crippen molar-refractivity contribution in [1.82, 2.24) is 15.0 Å². The minimum atomic E-state index is -0.494. The molecule has 7 heteroatoms. The van der Waals surface area contributed by atoms with Crippen LogP contribution in [0.5, 0.6) is 6.01 Å². The van der Waals surface area contributed by atoms with Gasteiger partial charge in [0, 0.05) is 6.20 Å². The first-order valence-electron chi connectivity index (χ1n) is 4.80. The molecule has 0 fully saturated rings. The maximum absolute atomic E-state index is 11.6. The van der Waals surface area contributed by atoms with Gasteiger partial charge in [0.2, 0.25) is 0 Å². The van der Waals surface area contributed by atoms with Gasteiger partial charge in [-0.25, -0.2) is 9.78 Å². The molecule has 1 N–H and O–H groups in total. The number of hydrogen-bond donors (Lipinski definition) is 1. The molecular formula is C10H8BrN3O3. The first-order valence-corrected chi connectivity index (χ1v) is 5.60. The molecule has 6 nitrogen and oxygen atoms in total. The molecule has 0 atom stereocenters. The van der Waals surface area contributed by atoms with Crippen LogP contribution in [0.1, 0.15) is 17.3 Å². The van der Waals surface area contributed by atoms with Crippen LogP contribution in [0.3, 0.4) is 0 Å². The van der Waals surface area contributed by atoms with E-state index >= 15 is 0 Å². The fraction of sp³-hybridized carbons (Fsp3) is 0.200. The Morgan fingerprint density at radius 2 is 2.24 bits per heavy atom. The maximum Gasteiger partial charge on any atom is 0.340 e. The number of aromatic nitrogens is 3. The summed E-state index contributed by atoms with van der Waals surface area (Å²) in [5.41, 5.74) is 1.10. The van der Waals surface area contributed by atoms with Crippen molar-refractivity contribution in [2.75, 3.05) is 6.61 Å². The molecule has 88 valence electrons. The van der Waals surface area contributed by atoms with Gasteiger partial charge in [-0.3, -0.25) is 4.98 Å². The third-order valence-electron chi connectivity index (χ3n) is 2.03. The highest BCUT2D eigenvalue weighted by molar-refractivity contribution is 9.10. The molecule has 0 aromatic carbocycles. The molecule has 0 spiro atoms. The Balaban J connectivity index is 2.60. The topological polar surface area (TPSA) is 85.2 Å². The zero-order chi connectivity index (χ0) is 12.4. The smallest absolute Gasteiger partial charge is 0.340 e. The number of halogens is 1. The molecule has 0 amide bonds. The standard InChI is InChI=1S/C10H8BrN3O3/c1-2-17-9(15)5-3-12-6-4-13-10(16)14-8(6)7(5)11/h3-4H,2H2,1H3,(H,13,14,16). The van der Waals surface area contributed by atoms with Crippen LogP contribution in [0.15, 0.2) is 16.9 Å². The van der Waals surface area contributed by atoms with E-state index in [1.165, 1.54) is 12.4 Å². The zero-order valence-corrected chi connectivity index (χ0v) is 10.4. The summed E-state index contributed by atoms with van der Waals surface area (Å²) in [4.78, 5) is 23.0. The summed E-state index contributed by atoms with van der Waals surface area (Å²) in [6.07, 6.45) is 2.75. The lowest BCUT2D eigenvalue weighted by molar-refractivity contribution is 0.0525. The van der Waals surface area contributed by atoms with Crippen molar-refractivity contribution in [3.8, 4) is 6.01 Å². The Bertz CT molecular complexity index is 588. The van der Waals surface area contributed by atoms with Crippen LogP contribution in [0.25, 0.3) is 11.0 Å². The molecule has 0 radical (unpaired) electrons. The fourth-order valence-corrected chi connectivity index (χ4v) is 1.85. The van der Waals surface area contributed by atoms with Crippen LogP contribution in [0.4, 0.5) is 0 Å². The van der Waals surface area contributed by atoms with Gasteiger partial charge in [0.15, 0.2) is 0 Å². The Morgan fingerprint density at radius 3 is 2.94 bits per heavy atom. The number of carbonyl (C=O) groups excluding carboxylic acids is 1. The SMILES string of the molecule is CCOC(=O)c1cnc2cnc(O)nc2c1Br. The van der Waals surface area contributed by atoms with Crippen LogP contribution >= 0.6 is 15.9 Å². The summed E-state index contributed by atoms with van der Waals surface area (Å²) in [6, 6.07) is -0.374. The van der Waals surface area contributed by atoms with E-state index in [-0.39, 0.29) is 18.2 Å². The predicted octanol–water partition coefficient (Wildman–Crippen LogP) is 1.67. The fourth-order valence-electron chi connectivity index (χ4n) is 1.29. The quantitative estimate of drug-likeness (QED) is 0.849. The van der Waals surface area contributed by atoms with E-state index < -0.39 is 5.97 Å². The molecule has 2 aromatic heterocycles. The van der Waals surface area contributed by atoms with E-state index in [4.69, 9.17) is 4.74 Å². The minimum Gasteiger partial charge on any atom is -0.479 e. The molecule has 2 aromatic rings. The third kappa shape index (κ3) is 2.19. The lowest BCUT2D eigenvalue weighted by Gasteiger charge is -2.05.